The Kier molecular flexibility index (Phi) is 7.56. The molecule has 0 aromatic heterocycles. The van der Waals surface area contributed by atoms with Crippen molar-refractivity contribution in [1.29, 1.82) is 0 Å². The number of epoxide rings is 1. The first-order valence-corrected chi connectivity index (χ1v) is 11.5. The van der Waals surface area contributed by atoms with Gasteiger partial charge in [0.1, 0.15) is 12.9 Å². The Balaban J connectivity index is 1.16. The third-order valence-corrected chi connectivity index (χ3v) is 7.03. The molecule has 7 heteroatoms. The molecule has 1 aliphatic heterocycles. The molecule has 0 spiro atoms. The second-order valence-electron chi connectivity index (χ2n) is 9.19. The highest BCUT2D eigenvalue weighted by molar-refractivity contribution is 5.75. The topological polar surface area (TPSA) is 57.3 Å². The predicted molar refractivity (Wildman–Crippen MR) is 110 cm³/mol. The number of hydrogen-bond acceptors (Lipinski definition) is 5. The molecule has 1 unspecified atom stereocenters. The molecule has 172 valence electrons. The Morgan fingerprint density at radius 3 is 2.29 bits per heavy atom. The standard InChI is InChI=1S/C24H32F2O5/c1-15-2-11-21(23(26)22(15)25)31-24(27)18-5-3-16(4-6-18)17-7-9-19(10-8-17)30-14-28-12-20-13-29-20/h2,11,16-20H,3-10,12-14H2,1H3. The number of ether oxygens (including phenoxy) is 4. The minimum absolute atomic E-state index is 0.193. The summed E-state index contributed by atoms with van der Waals surface area (Å²) >= 11 is 0. The maximum Gasteiger partial charge on any atom is 0.314 e. The third-order valence-electron chi connectivity index (χ3n) is 7.03. The van der Waals surface area contributed by atoms with Gasteiger partial charge in [-0.05, 0) is 81.8 Å². The summed E-state index contributed by atoms with van der Waals surface area (Å²) in [5, 5.41) is 0. The summed E-state index contributed by atoms with van der Waals surface area (Å²) in [7, 11) is 0. The zero-order chi connectivity index (χ0) is 21.8. The molecular weight excluding hydrogens is 406 g/mol. The van der Waals surface area contributed by atoms with Crippen molar-refractivity contribution in [2.75, 3.05) is 20.0 Å². The summed E-state index contributed by atoms with van der Waals surface area (Å²) in [5.74, 6) is -1.78. The molecule has 0 bridgehead atoms. The maximum atomic E-state index is 14.0. The molecule has 1 heterocycles. The van der Waals surface area contributed by atoms with E-state index in [0.29, 0.717) is 25.2 Å². The zero-order valence-electron chi connectivity index (χ0n) is 18.1. The first kappa shape index (κ1) is 22.6. The highest BCUT2D eigenvalue weighted by atomic mass is 19.2. The lowest BCUT2D eigenvalue weighted by Crippen LogP contribution is -2.31. The van der Waals surface area contributed by atoms with Gasteiger partial charge in [-0.1, -0.05) is 6.07 Å². The number of rotatable bonds is 8. The van der Waals surface area contributed by atoms with Crippen LogP contribution in [0.2, 0.25) is 0 Å². The van der Waals surface area contributed by atoms with Gasteiger partial charge in [-0.2, -0.15) is 4.39 Å². The lowest BCUT2D eigenvalue weighted by atomic mass is 9.70. The van der Waals surface area contributed by atoms with E-state index < -0.39 is 17.6 Å². The van der Waals surface area contributed by atoms with Crippen LogP contribution < -0.4 is 4.74 Å². The lowest BCUT2D eigenvalue weighted by molar-refractivity contribution is -0.140. The average molecular weight is 439 g/mol. The molecule has 3 fully saturated rings. The van der Waals surface area contributed by atoms with Crippen molar-refractivity contribution >= 4 is 5.97 Å². The lowest BCUT2D eigenvalue weighted by Gasteiger charge is -2.37. The van der Waals surface area contributed by atoms with E-state index in [4.69, 9.17) is 18.9 Å². The van der Waals surface area contributed by atoms with Crippen molar-refractivity contribution in [3.8, 4) is 5.75 Å². The third kappa shape index (κ3) is 6.02. The summed E-state index contributed by atoms with van der Waals surface area (Å²) in [6.45, 7) is 3.23. The van der Waals surface area contributed by atoms with Gasteiger partial charge in [0, 0.05) is 0 Å². The SMILES string of the molecule is Cc1ccc(OC(=O)C2CCC(C3CCC(OCOCC4CO4)CC3)CC2)c(F)c1F. The Hall–Kier alpha value is -1.57. The van der Waals surface area contributed by atoms with Crippen molar-refractivity contribution in [1.82, 2.24) is 0 Å². The molecule has 3 aliphatic rings. The van der Waals surface area contributed by atoms with Crippen LogP contribution in [0.5, 0.6) is 5.75 Å². The molecule has 0 amide bonds. The van der Waals surface area contributed by atoms with E-state index in [1.54, 1.807) is 0 Å². The van der Waals surface area contributed by atoms with Gasteiger partial charge in [0.25, 0.3) is 0 Å². The fourth-order valence-electron chi connectivity index (χ4n) is 4.94. The van der Waals surface area contributed by atoms with Crippen LogP contribution in [0.25, 0.3) is 0 Å². The summed E-state index contributed by atoms with van der Waals surface area (Å²) in [6.07, 6.45) is 8.36. The van der Waals surface area contributed by atoms with Gasteiger partial charge < -0.3 is 18.9 Å². The molecule has 0 radical (unpaired) electrons. The number of hydrogen-bond donors (Lipinski definition) is 0. The van der Waals surface area contributed by atoms with Gasteiger partial charge >= 0.3 is 5.97 Å². The smallest absolute Gasteiger partial charge is 0.314 e. The minimum Gasteiger partial charge on any atom is -0.423 e. The van der Waals surface area contributed by atoms with Gasteiger partial charge in [-0.25, -0.2) is 4.39 Å². The van der Waals surface area contributed by atoms with Crippen LogP contribution in [0.4, 0.5) is 8.78 Å². The van der Waals surface area contributed by atoms with E-state index in [1.165, 1.54) is 19.1 Å². The van der Waals surface area contributed by atoms with Crippen LogP contribution in [0, 0.1) is 36.3 Å². The number of esters is 1. The van der Waals surface area contributed by atoms with Gasteiger partial charge in [0.2, 0.25) is 5.82 Å². The van der Waals surface area contributed by atoms with Crippen LogP contribution >= 0.6 is 0 Å². The second kappa shape index (κ2) is 10.4. The maximum absolute atomic E-state index is 14.0. The number of aryl methyl sites for hydroxylation is 1. The van der Waals surface area contributed by atoms with E-state index in [2.05, 4.69) is 0 Å². The molecule has 1 saturated heterocycles. The molecule has 0 N–H and O–H groups in total. The van der Waals surface area contributed by atoms with E-state index in [1.807, 2.05) is 0 Å². The van der Waals surface area contributed by atoms with Crippen LogP contribution in [0.1, 0.15) is 56.9 Å². The Morgan fingerprint density at radius 1 is 1.00 bits per heavy atom. The highest BCUT2D eigenvalue weighted by Gasteiger charge is 2.34. The first-order chi connectivity index (χ1) is 15.0. The zero-order valence-corrected chi connectivity index (χ0v) is 18.1. The Morgan fingerprint density at radius 2 is 1.65 bits per heavy atom. The van der Waals surface area contributed by atoms with Crippen LogP contribution in [0.3, 0.4) is 0 Å². The predicted octanol–water partition coefficient (Wildman–Crippen LogP) is 4.93. The van der Waals surface area contributed by atoms with Crippen molar-refractivity contribution in [3.63, 3.8) is 0 Å². The Labute approximate surface area is 182 Å². The summed E-state index contributed by atoms with van der Waals surface area (Å²) in [6, 6.07) is 2.74. The van der Waals surface area contributed by atoms with Gasteiger partial charge in [0.05, 0.1) is 25.2 Å². The van der Waals surface area contributed by atoms with Crippen LogP contribution in [-0.4, -0.2) is 38.2 Å². The van der Waals surface area contributed by atoms with E-state index in [9.17, 15) is 13.6 Å². The first-order valence-electron chi connectivity index (χ1n) is 11.5. The summed E-state index contributed by atoms with van der Waals surface area (Å²) in [4.78, 5) is 12.5. The molecule has 1 aromatic carbocycles. The number of carbonyl (C=O) groups is 1. The van der Waals surface area contributed by atoms with Crippen molar-refractivity contribution in [2.24, 2.45) is 17.8 Å². The fourth-order valence-corrected chi connectivity index (χ4v) is 4.94. The van der Waals surface area contributed by atoms with Crippen molar-refractivity contribution < 1.29 is 32.5 Å². The number of benzene rings is 1. The minimum atomic E-state index is -1.09. The Bertz CT molecular complexity index is 751. The monoisotopic (exact) mass is 438 g/mol. The number of halogens is 2. The molecule has 4 rings (SSSR count). The molecule has 1 atom stereocenters. The second-order valence-corrected chi connectivity index (χ2v) is 9.19. The molecule has 2 saturated carbocycles. The summed E-state index contributed by atoms with van der Waals surface area (Å²) < 4.78 is 49.3. The van der Waals surface area contributed by atoms with E-state index >= 15 is 0 Å². The highest BCUT2D eigenvalue weighted by Crippen LogP contribution is 2.41. The molecule has 31 heavy (non-hydrogen) atoms. The van der Waals surface area contributed by atoms with Gasteiger partial charge in [-0.15, -0.1) is 0 Å². The quantitative estimate of drug-likeness (QED) is 0.189. The molecule has 1 aromatic rings. The summed E-state index contributed by atoms with van der Waals surface area (Å²) in [5.41, 5.74) is 0.193. The van der Waals surface area contributed by atoms with Crippen molar-refractivity contribution in [2.45, 2.75) is 70.5 Å². The normalized spacial score (nSPS) is 30.7. The fraction of sp³-hybridized carbons (Fsp3) is 0.708. The average Bonchev–Trinajstić information content (AvgIpc) is 3.62. The van der Waals surface area contributed by atoms with Gasteiger partial charge in [0.15, 0.2) is 11.6 Å². The van der Waals surface area contributed by atoms with Gasteiger partial charge in [-0.3, -0.25) is 4.79 Å². The van der Waals surface area contributed by atoms with E-state index in [-0.39, 0.29) is 29.4 Å². The van der Waals surface area contributed by atoms with Crippen molar-refractivity contribution in [3.05, 3.63) is 29.3 Å². The van der Waals surface area contributed by atoms with Crippen LogP contribution in [-0.2, 0) is 19.0 Å². The largest absolute Gasteiger partial charge is 0.423 e. The van der Waals surface area contributed by atoms with Crippen LogP contribution in [0.15, 0.2) is 12.1 Å². The molecule has 2 aliphatic carbocycles. The molecular formula is C24H32F2O5. The number of carbonyl (C=O) groups excluding carboxylic acids is 1. The van der Waals surface area contributed by atoms with E-state index in [0.717, 1.165) is 58.0 Å². The molecule has 5 nitrogen and oxygen atoms in total.